The van der Waals surface area contributed by atoms with Crippen molar-refractivity contribution in [1.82, 2.24) is 0 Å². The third-order valence-corrected chi connectivity index (χ3v) is 4.93. The summed E-state index contributed by atoms with van der Waals surface area (Å²) in [5.74, 6) is 1.53. The first-order valence-electron chi connectivity index (χ1n) is 6.43. The van der Waals surface area contributed by atoms with Crippen molar-refractivity contribution < 1.29 is 0 Å². The number of rotatable bonds is 0. The molecule has 1 saturated carbocycles. The third-order valence-electron chi connectivity index (χ3n) is 4.93. The lowest BCUT2D eigenvalue weighted by Crippen LogP contribution is -2.41. The van der Waals surface area contributed by atoms with Crippen LogP contribution in [0.5, 0.6) is 0 Å². The fourth-order valence-electron chi connectivity index (χ4n) is 3.94. The van der Waals surface area contributed by atoms with E-state index in [0.29, 0.717) is 11.3 Å². The molecule has 15 heavy (non-hydrogen) atoms. The summed E-state index contributed by atoms with van der Waals surface area (Å²) in [6, 6.07) is 0. The minimum Gasteiger partial charge on any atom is -0.0993 e. The lowest BCUT2D eigenvalue weighted by atomic mass is 9.54. The van der Waals surface area contributed by atoms with Gasteiger partial charge in [0.05, 0.1) is 0 Å². The Bertz CT molecular complexity index is 297. The van der Waals surface area contributed by atoms with Crippen LogP contribution in [-0.4, -0.2) is 0 Å². The molecule has 0 bridgehead atoms. The Morgan fingerprint density at radius 1 is 1.33 bits per heavy atom. The molecule has 0 aromatic rings. The van der Waals surface area contributed by atoms with Crippen LogP contribution in [0.15, 0.2) is 23.8 Å². The first kappa shape index (κ1) is 11.0. The molecule has 0 saturated heterocycles. The third kappa shape index (κ3) is 1.58. The van der Waals surface area contributed by atoms with Crippen molar-refractivity contribution in [1.29, 1.82) is 0 Å². The molecule has 0 radical (unpaired) electrons. The molecule has 2 aliphatic carbocycles. The van der Waals surface area contributed by atoms with E-state index in [1.807, 2.05) is 0 Å². The summed E-state index contributed by atoms with van der Waals surface area (Å²) >= 11 is 0. The fraction of sp³-hybridized carbons (Fsp3) is 0.733. The highest BCUT2D eigenvalue weighted by Gasteiger charge is 2.45. The summed E-state index contributed by atoms with van der Waals surface area (Å²) in [6.45, 7) is 11.5. The molecule has 3 atom stereocenters. The van der Waals surface area contributed by atoms with Gasteiger partial charge in [0, 0.05) is 0 Å². The molecule has 1 spiro atoms. The maximum atomic E-state index is 4.39. The predicted octanol–water partition coefficient (Wildman–Crippen LogP) is 4.73. The molecular formula is C15H24. The van der Waals surface area contributed by atoms with Gasteiger partial charge in [0.2, 0.25) is 0 Å². The first-order chi connectivity index (χ1) is 7.07. The van der Waals surface area contributed by atoms with Crippen LogP contribution < -0.4 is 0 Å². The Kier molecular flexibility index (Phi) is 2.79. The van der Waals surface area contributed by atoms with Gasteiger partial charge in [-0.25, -0.2) is 0 Å². The summed E-state index contributed by atoms with van der Waals surface area (Å²) in [5, 5.41) is 0. The number of hydrogen-bond acceptors (Lipinski definition) is 0. The van der Waals surface area contributed by atoms with E-state index in [1.165, 1.54) is 37.7 Å². The monoisotopic (exact) mass is 204 g/mol. The first-order valence-corrected chi connectivity index (χ1v) is 6.43. The molecule has 0 N–H and O–H groups in total. The molecule has 1 fully saturated rings. The second-order valence-electron chi connectivity index (χ2n) is 5.74. The predicted molar refractivity (Wildman–Crippen MR) is 66.7 cm³/mol. The van der Waals surface area contributed by atoms with E-state index < -0.39 is 0 Å². The minimum atomic E-state index is 0.442. The van der Waals surface area contributed by atoms with Crippen molar-refractivity contribution in [3.8, 4) is 0 Å². The van der Waals surface area contributed by atoms with E-state index in [4.69, 9.17) is 0 Å². The van der Waals surface area contributed by atoms with Crippen LogP contribution in [0.3, 0.4) is 0 Å². The maximum absolute atomic E-state index is 4.39. The highest BCUT2D eigenvalue weighted by Crippen LogP contribution is 2.55. The van der Waals surface area contributed by atoms with Crippen LogP contribution in [0.1, 0.15) is 52.9 Å². The zero-order valence-electron chi connectivity index (χ0n) is 10.5. The summed E-state index contributed by atoms with van der Waals surface area (Å²) in [6.07, 6.45) is 9.15. The summed E-state index contributed by atoms with van der Waals surface area (Å²) in [4.78, 5) is 0. The molecule has 0 heterocycles. The molecule has 0 nitrogen and oxygen atoms in total. The van der Waals surface area contributed by atoms with Crippen molar-refractivity contribution >= 4 is 0 Å². The molecule has 84 valence electrons. The van der Waals surface area contributed by atoms with Crippen molar-refractivity contribution in [2.24, 2.45) is 17.3 Å². The van der Waals surface area contributed by atoms with Crippen LogP contribution in [0.4, 0.5) is 0 Å². The van der Waals surface area contributed by atoms with E-state index in [2.05, 4.69) is 33.4 Å². The lowest BCUT2D eigenvalue weighted by Gasteiger charge is -2.50. The van der Waals surface area contributed by atoms with Gasteiger partial charge >= 0.3 is 0 Å². The second-order valence-corrected chi connectivity index (χ2v) is 5.74. The van der Waals surface area contributed by atoms with Gasteiger partial charge < -0.3 is 0 Å². The van der Waals surface area contributed by atoms with Crippen LogP contribution in [0, 0.1) is 17.3 Å². The van der Waals surface area contributed by atoms with Crippen molar-refractivity contribution in [3.05, 3.63) is 23.8 Å². The SMILES string of the molecule is C=C1CCCC(C)C12CCC(C)=CC2C. The smallest absolute Gasteiger partial charge is 0.000201 e. The summed E-state index contributed by atoms with van der Waals surface area (Å²) in [5.41, 5.74) is 3.56. The summed E-state index contributed by atoms with van der Waals surface area (Å²) in [7, 11) is 0. The second kappa shape index (κ2) is 3.81. The molecular weight excluding hydrogens is 180 g/mol. The van der Waals surface area contributed by atoms with E-state index >= 15 is 0 Å². The molecule has 3 unspecified atom stereocenters. The number of allylic oxidation sites excluding steroid dienone is 3. The van der Waals surface area contributed by atoms with E-state index in [0.717, 1.165) is 5.92 Å². The van der Waals surface area contributed by atoms with E-state index in [9.17, 15) is 0 Å². The fourth-order valence-corrected chi connectivity index (χ4v) is 3.94. The molecule has 0 aliphatic heterocycles. The van der Waals surface area contributed by atoms with Crippen LogP contribution in [-0.2, 0) is 0 Å². The molecule has 0 aromatic heterocycles. The zero-order valence-corrected chi connectivity index (χ0v) is 10.5. The normalized spacial score (nSPS) is 41.8. The van der Waals surface area contributed by atoms with E-state index in [1.54, 1.807) is 5.57 Å². The summed E-state index contributed by atoms with van der Waals surface area (Å²) < 4.78 is 0. The minimum absolute atomic E-state index is 0.442. The molecule has 0 heteroatoms. The van der Waals surface area contributed by atoms with Gasteiger partial charge in [-0.3, -0.25) is 0 Å². The Hall–Kier alpha value is -0.520. The van der Waals surface area contributed by atoms with Crippen molar-refractivity contribution in [2.75, 3.05) is 0 Å². The Morgan fingerprint density at radius 2 is 2.07 bits per heavy atom. The van der Waals surface area contributed by atoms with Gasteiger partial charge in [0.1, 0.15) is 0 Å². The molecule has 0 amide bonds. The Balaban J connectivity index is 2.34. The van der Waals surface area contributed by atoms with Crippen LogP contribution in [0.25, 0.3) is 0 Å². The van der Waals surface area contributed by atoms with Crippen LogP contribution >= 0.6 is 0 Å². The highest BCUT2D eigenvalue weighted by atomic mass is 14.5. The van der Waals surface area contributed by atoms with E-state index in [-0.39, 0.29) is 0 Å². The average Bonchev–Trinajstić information content (AvgIpc) is 2.16. The Morgan fingerprint density at radius 3 is 2.67 bits per heavy atom. The maximum Gasteiger partial charge on any atom is -0.000201 e. The quantitative estimate of drug-likeness (QED) is 0.501. The highest BCUT2D eigenvalue weighted by molar-refractivity contribution is 5.24. The molecule has 2 aliphatic rings. The Labute approximate surface area is 94.5 Å². The van der Waals surface area contributed by atoms with Crippen molar-refractivity contribution in [2.45, 2.75) is 52.9 Å². The largest absolute Gasteiger partial charge is 0.0993 e. The lowest BCUT2D eigenvalue weighted by molar-refractivity contribution is 0.108. The van der Waals surface area contributed by atoms with Gasteiger partial charge in [-0.15, -0.1) is 0 Å². The standard InChI is InChI=1S/C15H24/c1-11-8-9-15(14(4)10-11)12(2)6-5-7-13(15)3/h10,13-14H,2,5-9H2,1,3-4H3. The number of hydrogen-bond donors (Lipinski definition) is 0. The topological polar surface area (TPSA) is 0 Å². The van der Waals surface area contributed by atoms with Gasteiger partial charge in [0.25, 0.3) is 0 Å². The molecule has 2 rings (SSSR count). The van der Waals surface area contributed by atoms with Gasteiger partial charge in [-0.05, 0) is 56.3 Å². The van der Waals surface area contributed by atoms with Gasteiger partial charge in [-0.1, -0.05) is 37.6 Å². The van der Waals surface area contributed by atoms with Gasteiger partial charge in [0.15, 0.2) is 0 Å². The van der Waals surface area contributed by atoms with Gasteiger partial charge in [-0.2, -0.15) is 0 Å². The molecule has 0 aromatic carbocycles. The van der Waals surface area contributed by atoms with Crippen molar-refractivity contribution in [3.63, 3.8) is 0 Å². The average molecular weight is 204 g/mol. The van der Waals surface area contributed by atoms with Crippen LogP contribution in [0.2, 0.25) is 0 Å². The zero-order chi connectivity index (χ0) is 11.1.